The van der Waals surface area contributed by atoms with Crippen molar-refractivity contribution in [3.8, 4) is 0 Å². The lowest BCUT2D eigenvalue weighted by molar-refractivity contribution is 0.191. The van der Waals surface area contributed by atoms with Crippen molar-refractivity contribution >= 4 is 0 Å². The third kappa shape index (κ3) is 4.06. The van der Waals surface area contributed by atoms with E-state index < -0.39 is 0 Å². The Morgan fingerprint density at radius 3 is 2.56 bits per heavy atom. The van der Waals surface area contributed by atoms with Crippen LogP contribution in [0.5, 0.6) is 0 Å². The minimum atomic E-state index is 0.746. The molecule has 0 aromatic heterocycles. The Morgan fingerprint density at radius 2 is 2.00 bits per heavy atom. The van der Waals surface area contributed by atoms with Crippen molar-refractivity contribution in [2.75, 3.05) is 26.7 Å². The van der Waals surface area contributed by atoms with Crippen LogP contribution in [0.2, 0.25) is 0 Å². The molecule has 1 rings (SSSR count). The fourth-order valence-electron chi connectivity index (χ4n) is 2.94. The molecule has 0 bridgehead atoms. The summed E-state index contributed by atoms with van der Waals surface area (Å²) in [5.41, 5.74) is 0. The molecule has 0 aliphatic carbocycles. The van der Waals surface area contributed by atoms with Crippen molar-refractivity contribution in [1.29, 1.82) is 0 Å². The highest BCUT2D eigenvalue weighted by atomic mass is 15.2. The third-order valence-corrected chi connectivity index (χ3v) is 4.18. The van der Waals surface area contributed by atoms with Gasteiger partial charge >= 0.3 is 0 Å². The zero-order valence-electron chi connectivity index (χ0n) is 11.6. The summed E-state index contributed by atoms with van der Waals surface area (Å²) in [6.07, 6.45) is 5.50. The number of likely N-dealkylation sites (tertiary alicyclic amines) is 1. The largest absolute Gasteiger partial charge is 0.318 e. The van der Waals surface area contributed by atoms with Crippen LogP contribution >= 0.6 is 0 Å². The molecule has 2 heteroatoms. The average Bonchev–Trinajstić information content (AvgIpc) is 2.51. The van der Waals surface area contributed by atoms with Crippen molar-refractivity contribution in [3.05, 3.63) is 0 Å². The van der Waals surface area contributed by atoms with E-state index in [0.29, 0.717) is 0 Å². The van der Waals surface area contributed by atoms with E-state index in [-0.39, 0.29) is 0 Å². The molecule has 1 aliphatic heterocycles. The van der Waals surface area contributed by atoms with E-state index in [4.69, 9.17) is 0 Å². The van der Waals surface area contributed by atoms with E-state index >= 15 is 0 Å². The standard InChI is InChI=1S/C14H30N2/c1-5-14(11-15-4)16-9-6-7-13(8-10-16)12(2)3/h12-15H,5-11H2,1-4H3. The van der Waals surface area contributed by atoms with E-state index in [2.05, 4.69) is 38.0 Å². The first kappa shape index (κ1) is 14.0. The van der Waals surface area contributed by atoms with Gasteiger partial charge in [-0.15, -0.1) is 0 Å². The number of hydrogen-bond donors (Lipinski definition) is 1. The van der Waals surface area contributed by atoms with E-state index in [1.54, 1.807) is 0 Å². The SMILES string of the molecule is CCC(CNC)N1CCCC(C(C)C)CC1. The van der Waals surface area contributed by atoms with Gasteiger partial charge in [-0.05, 0) is 57.7 Å². The molecule has 1 aliphatic rings. The molecular weight excluding hydrogens is 196 g/mol. The van der Waals surface area contributed by atoms with Crippen molar-refractivity contribution in [2.24, 2.45) is 11.8 Å². The minimum absolute atomic E-state index is 0.746. The zero-order valence-corrected chi connectivity index (χ0v) is 11.6. The van der Waals surface area contributed by atoms with Gasteiger partial charge in [0.15, 0.2) is 0 Å². The van der Waals surface area contributed by atoms with Gasteiger partial charge in [0.2, 0.25) is 0 Å². The molecule has 0 aromatic rings. The molecular formula is C14H30N2. The molecule has 1 N–H and O–H groups in total. The first-order valence-electron chi connectivity index (χ1n) is 7.07. The summed E-state index contributed by atoms with van der Waals surface area (Å²) in [6.45, 7) is 10.8. The molecule has 0 radical (unpaired) electrons. The van der Waals surface area contributed by atoms with E-state index in [1.807, 2.05) is 0 Å². The average molecular weight is 226 g/mol. The highest BCUT2D eigenvalue weighted by Crippen LogP contribution is 2.25. The van der Waals surface area contributed by atoms with Crippen LogP contribution in [0.15, 0.2) is 0 Å². The van der Waals surface area contributed by atoms with Crippen LogP contribution in [0.3, 0.4) is 0 Å². The Bertz CT molecular complexity index is 180. The van der Waals surface area contributed by atoms with Crippen LogP contribution in [-0.4, -0.2) is 37.6 Å². The second kappa shape index (κ2) is 7.29. The molecule has 2 unspecified atom stereocenters. The fourth-order valence-corrected chi connectivity index (χ4v) is 2.94. The summed E-state index contributed by atoms with van der Waals surface area (Å²) in [4.78, 5) is 2.71. The van der Waals surface area contributed by atoms with Gasteiger partial charge in [0.25, 0.3) is 0 Å². The lowest BCUT2D eigenvalue weighted by atomic mass is 9.89. The quantitative estimate of drug-likeness (QED) is 0.775. The van der Waals surface area contributed by atoms with Crippen LogP contribution in [0.4, 0.5) is 0 Å². The Hall–Kier alpha value is -0.0800. The maximum Gasteiger partial charge on any atom is 0.0217 e. The lowest BCUT2D eigenvalue weighted by Crippen LogP contribution is -2.41. The van der Waals surface area contributed by atoms with Gasteiger partial charge in [-0.25, -0.2) is 0 Å². The van der Waals surface area contributed by atoms with Crippen LogP contribution in [-0.2, 0) is 0 Å². The molecule has 0 saturated carbocycles. The summed E-state index contributed by atoms with van der Waals surface area (Å²) >= 11 is 0. The molecule has 0 spiro atoms. The monoisotopic (exact) mass is 226 g/mol. The minimum Gasteiger partial charge on any atom is -0.318 e. The van der Waals surface area contributed by atoms with Gasteiger partial charge < -0.3 is 5.32 Å². The van der Waals surface area contributed by atoms with Crippen molar-refractivity contribution in [1.82, 2.24) is 10.2 Å². The van der Waals surface area contributed by atoms with Gasteiger partial charge in [-0.3, -0.25) is 4.90 Å². The highest BCUT2D eigenvalue weighted by molar-refractivity contribution is 4.78. The van der Waals surface area contributed by atoms with Gasteiger partial charge in [-0.2, -0.15) is 0 Å². The number of hydrogen-bond acceptors (Lipinski definition) is 2. The van der Waals surface area contributed by atoms with Gasteiger partial charge in [0, 0.05) is 12.6 Å². The van der Waals surface area contributed by atoms with Crippen molar-refractivity contribution in [3.63, 3.8) is 0 Å². The van der Waals surface area contributed by atoms with E-state index in [1.165, 1.54) is 38.8 Å². The van der Waals surface area contributed by atoms with E-state index in [0.717, 1.165) is 24.4 Å². The summed E-state index contributed by atoms with van der Waals surface area (Å²) < 4.78 is 0. The lowest BCUT2D eigenvalue weighted by Gasteiger charge is -2.30. The predicted molar refractivity (Wildman–Crippen MR) is 71.8 cm³/mol. The Morgan fingerprint density at radius 1 is 1.25 bits per heavy atom. The molecule has 96 valence electrons. The topological polar surface area (TPSA) is 15.3 Å². The Balaban J connectivity index is 2.44. The Kier molecular flexibility index (Phi) is 6.37. The third-order valence-electron chi connectivity index (χ3n) is 4.18. The molecule has 2 nitrogen and oxygen atoms in total. The maximum atomic E-state index is 3.33. The van der Waals surface area contributed by atoms with Crippen LogP contribution in [0.25, 0.3) is 0 Å². The molecule has 1 saturated heterocycles. The summed E-state index contributed by atoms with van der Waals surface area (Å²) in [6, 6.07) is 0.746. The van der Waals surface area contributed by atoms with Crippen LogP contribution in [0, 0.1) is 11.8 Å². The fraction of sp³-hybridized carbons (Fsp3) is 1.00. The molecule has 0 amide bonds. The van der Waals surface area contributed by atoms with Crippen LogP contribution in [0.1, 0.15) is 46.5 Å². The first-order chi connectivity index (χ1) is 7.69. The number of rotatable bonds is 5. The van der Waals surface area contributed by atoms with Crippen LogP contribution < -0.4 is 5.32 Å². The van der Waals surface area contributed by atoms with Gasteiger partial charge in [0.1, 0.15) is 0 Å². The molecule has 1 heterocycles. The summed E-state index contributed by atoms with van der Waals surface area (Å²) in [5, 5.41) is 3.33. The second-order valence-corrected chi connectivity index (χ2v) is 5.59. The van der Waals surface area contributed by atoms with Crippen molar-refractivity contribution < 1.29 is 0 Å². The first-order valence-corrected chi connectivity index (χ1v) is 7.07. The summed E-state index contributed by atoms with van der Waals surface area (Å²) in [5.74, 6) is 1.82. The summed E-state index contributed by atoms with van der Waals surface area (Å²) in [7, 11) is 2.07. The van der Waals surface area contributed by atoms with E-state index in [9.17, 15) is 0 Å². The normalized spacial score (nSPS) is 25.7. The molecule has 0 aromatic carbocycles. The highest BCUT2D eigenvalue weighted by Gasteiger charge is 2.22. The Labute approximate surface area is 102 Å². The van der Waals surface area contributed by atoms with Gasteiger partial charge in [0.05, 0.1) is 0 Å². The van der Waals surface area contributed by atoms with Crippen molar-refractivity contribution in [2.45, 2.75) is 52.5 Å². The molecule has 2 atom stereocenters. The number of nitrogens with one attached hydrogen (secondary N) is 1. The maximum absolute atomic E-state index is 3.33. The van der Waals surface area contributed by atoms with Gasteiger partial charge in [-0.1, -0.05) is 20.8 Å². The molecule has 16 heavy (non-hydrogen) atoms. The predicted octanol–water partition coefficient (Wildman–Crippen LogP) is 2.74. The number of likely N-dealkylation sites (N-methyl/N-ethyl adjacent to an activating group) is 1. The smallest absolute Gasteiger partial charge is 0.0217 e. The zero-order chi connectivity index (χ0) is 12.0. The molecule has 1 fully saturated rings. The second-order valence-electron chi connectivity index (χ2n) is 5.59. The number of nitrogens with zero attached hydrogens (tertiary/aromatic N) is 1.